The summed E-state index contributed by atoms with van der Waals surface area (Å²) in [7, 11) is 0. The average Bonchev–Trinajstić information content (AvgIpc) is 3.01. The number of para-hydroxylation sites is 1. The maximum atomic E-state index is 12.9. The number of carbonyl (C=O) groups excluding carboxylic acids is 1. The first-order chi connectivity index (χ1) is 11.4. The van der Waals surface area contributed by atoms with Gasteiger partial charge in [-0.1, -0.05) is 43.7 Å². The zero-order valence-corrected chi connectivity index (χ0v) is 18.1. The molecule has 1 aromatic rings. The van der Waals surface area contributed by atoms with Crippen LogP contribution in [0.4, 0.5) is 10.5 Å². The number of benzene rings is 1. The Bertz CT molecular complexity index is 653. The predicted molar refractivity (Wildman–Crippen MR) is 97.5 cm³/mol. The number of nitrogens with zero attached hydrogens (tertiary/aromatic N) is 2. The van der Waals surface area contributed by atoms with Crippen LogP contribution in [-0.4, -0.2) is 24.4 Å². The van der Waals surface area contributed by atoms with Crippen LogP contribution in [0.15, 0.2) is 36.4 Å². The van der Waals surface area contributed by atoms with Gasteiger partial charge in [0.1, 0.15) is 5.60 Å². The second-order valence-corrected chi connectivity index (χ2v) is 7.64. The number of fused-ring (bicyclic) bond motifs is 3. The summed E-state index contributed by atoms with van der Waals surface area (Å²) in [4.78, 5) is 14.6. The van der Waals surface area contributed by atoms with Gasteiger partial charge in [-0.2, -0.15) is 0 Å². The predicted octanol–water partition coefficient (Wildman–Crippen LogP) is 2.14. The number of hydrogen-bond acceptors (Lipinski definition) is 2. The molecular weight excluding hydrogens is 323 g/mol. The number of allylic oxidation sites excluding steroid dienone is 2. The summed E-state index contributed by atoms with van der Waals surface area (Å²) in [5, 5.41) is 4.79. The zero-order chi connectivity index (χ0) is 17.4. The first-order valence-corrected chi connectivity index (χ1v) is 8.82. The molecule has 5 heteroatoms. The molecule has 1 fully saturated rings. The summed E-state index contributed by atoms with van der Waals surface area (Å²) < 4.78 is 5.67. The van der Waals surface area contributed by atoms with E-state index >= 15 is 0 Å². The smallest absolute Gasteiger partial charge is 0.641 e. The number of amides is 1. The number of hydrogen-bond donors (Lipinski definition) is 0. The number of rotatable bonds is 3. The second kappa shape index (κ2) is 7.83. The third kappa shape index (κ3) is 3.82. The van der Waals surface area contributed by atoms with Gasteiger partial charge in [0.25, 0.3) is 0 Å². The Hall–Kier alpha value is -0.810. The minimum Gasteiger partial charge on any atom is -0.641 e. The van der Waals surface area contributed by atoms with E-state index in [-0.39, 0.29) is 47.2 Å². The topological polar surface area (TPSA) is 43.6 Å². The molecule has 2 heterocycles. The van der Waals surface area contributed by atoms with Gasteiger partial charge in [-0.3, -0.25) is 4.90 Å². The van der Waals surface area contributed by atoms with E-state index < -0.39 is 5.60 Å². The van der Waals surface area contributed by atoms with Gasteiger partial charge in [-0.25, -0.2) is 4.79 Å². The maximum absolute atomic E-state index is 12.9. The van der Waals surface area contributed by atoms with Gasteiger partial charge in [0.15, 0.2) is 0 Å². The van der Waals surface area contributed by atoms with Crippen molar-refractivity contribution in [3.63, 3.8) is 0 Å². The Kier molecular flexibility index (Phi) is 6.42. The van der Waals surface area contributed by atoms with Crippen molar-refractivity contribution >= 4 is 11.8 Å². The number of ether oxygens (including phenoxy) is 1. The Balaban J connectivity index is 0.00000225. The van der Waals surface area contributed by atoms with Crippen molar-refractivity contribution in [2.75, 3.05) is 11.4 Å². The molecule has 3 rings (SSSR count). The Labute approximate surface area is 173 Å². The number of carbonyl (C=O) groups is 1. The quantitative estimate of drug-likeness (QED) is 0.619. The van der Waals surface area contributed by atoms with E-state index in [0.29, 0.717) is 0 Å². The molecule has 0 aliphatic carbocycles. The van der Waals surface area contributed by atoms with Crippen LogP contribution < -0.4 is 34.5 Å². The molecule has 1 aromatic carbocycles. The van der Waals surface area contributed by atoms with Crippen LogP contribution in [0.25, 0.3) is 5.32 Å². The summed E-state index contributed by atoms with van der Waals surface area (Å²) >= 11 is 0. The Morgan fingerprint density at radius 2 is 2.08 bits per heavy atom. The molecule has 130 valence electrons. The summed E-state index contributed by atoms with van der Waals surface area (Å²) in [5.41, 5.74) is 1.55. The molecule has 0 saturated carbocycles. The molecule has 2 aliphatic rings. The van der Waals surface area contributed by atoms with E-state index in [1.807, 2.05) is 32.9 Å². The molecule has 1 saturated heterocycles. The van der Waals surface area contributed by atoms with Crippen LogP contribution in [0.1, 0.15) is 52.5 Å². The summed E-state index contributed by atoms with van der Waals surface area (Å²) in [5.74, 6) is 0. The van der Waals surface area contributed by atoms with E-state index in [0.717, 1.165) is 31.5 Å². The first kappa shape index (κ1) is 20.5. The van der Waals surface area contributed by atoms with E-state index in [1.54, 1.807) is 4.90 Å². The molecule has 0 bridgehead atoms. The molecule has 0 aromatic heterocycles. The SMILES string of the molecule is CC/C=C/CC12CC[N-]C1N(C(=O)OC(C)(C)C)c1ccccc12.[Na+]. The monoisotopic (exact) mass is 350 g/mol. The summed E-state index contributed by atoms with van der Waals surface area (Å²) in [6.45, 7) is 8.63. The van der Waals surface area contributed by atoms with Crippen LogP contribution >= 0.6 is 0 Å². The molecule has 4 nitrogen and oxygen atoms in total. The number of anilines is 1. The van der Waals surface area contributed by atoms with Crippen molar-refractivity contribution in [1.29, 1.82) is 0 Å². The van der Waals surface area contributed by atoms with Crippen LogP contribution in [-0.2, 0) is 10.2 Å². The molecule has 2 atom stereocenters. The van der Waals surface area contributed by atoms with E-state index in [4.69, 9.17) is 10.1 Å². The second-order valence-electron chi connectivity index (χ2n) is 7.64. The fourth-order valence-electron chi connectivity index (χ4n) is 3.82. The van der Waals surface area contributed by atoms with E-state index in [9.17, 15) is 4.79 Å². The van der Waals surface area contributed by atoms with Crippen molar-refractivity contribution in [3.05, 3.63) is 47.3 Å². The van der Waals surface area contributed by atoms with Crippen molar-refractivity contribution in [2.45, 2.75) is 64.1 Å². The minimum absolute atomic E-state index is 0. The molecule has 2 unspecified atom stereocenters. The molecule has 1 amide bonds. The zero-order valence-electron chi connectivity index (χ0n) is 16.1. The molecular formula is C20H27N2NaO2. The minimum atomic E-state index is -0.516. The molecule has 25 heavy (non-hydrogen) atoms. The van der Waals surface area contributed by atoms with Gasteiger partial charge < -0.3 is 10.1 Å². The van der Waals surface area contributed by atoms with Crippen molar-refractivity contribution in [2.24, 2.45) is 0 Å². The Morgan fingerprint density at radius 1 is 1.36 bits per heavy atom. The third-order valence-corrected chi connectivity index (χ3v) is 4.77. The average molecular weight is 350 g/mol. The van der Waals surface area contributed by atoms with Gasteiger partial charge in [0.2, 0.25) is 0 Å². The van der Waals surface area contributed by atoms with Gasteiger partial charge in [-0.05, 0) is 51.4 Å². The standard InChI is InChI=1S/C20H27N2O2.Na/c1-5-6-9-12-20-13-14-21-17(20)22(18(23)24-19(2,3)4)16-11-8-7-10-15(16)20;/h6-11,17H,5,12-14H2,1-4H3;/q-1;+1/b9-6+;. The maximum Gasteiger partial charge on any atom is 1.00 e. The van der Waals surface area contributed by atoms with Crippen LogP contribution in [0, 0.1) is 0 Å². The molecule has 2 aliphatic heterocycles. The van der Waals surface area contributed by atoms with Gasteiger partial charge in [-0.15, -0.1) is 6.54 Å². The van der Waals surface area contributed by atoms with Crippen molar-refractivity contribution < 1.29 is 39.1 Å². The van der Waals surface area contributed by atoms with Crippen LogP contribution in [0.5, 0.6) is 0 Å². The molecule has 0 radical (unpaired) electrons. The largest absolute Gasteiger partial charge is 1.00 e. The summed E-state index contributed by atoms with van der Waals surface area (Å²) in [6, 6.07) is 8.19. The Morgan fingerprint density at radius 3 is 2.76 bits per heavy atom. The van der Waals surface area contributed by atoms with Crippen LogP contribution in [0.3, 0.4) is 0 Å². The first-order valence-electron chi connectivity index (χ1n) is 8.82. The van der Waals surface area contributed by atoms with E-state index in [1.165, 1.54) is 5.56 Å². The summed E-state index contributed by atoms with van der Waals surface area (Å²) in [6.07, 6.45) is 6.88. The third-order valence-electron chi connectivity index (χ3n) is 4.77. The normalized spacial score (nSPS) is 24.8. The molecule has 0 spiro atoms. The fraction of sp³-hybridized carbons (Fsp3) is 0.550. The van der Waals surface area contributed by atoms with Gasteiger partial charge in [0, 0.05) is 11.1 Å². The van der Waals surface area contributed by atoms with Gasteiger partial charge in [0.05, 0.1) is 0 Å². The van der Waals surface area contributed by atoms with Gasteiger partial charge >= 0.3 is 35.7 Å². The fourth-order valence-corrected chi connectivity index (χ4v) is 3.82. The van der Waals surface area contributed by atoms with E-state index in [2.05, 4.69) is 31.2 Å². The molecule has 0 N–H and O–H groups in total. The van der Waals surface area contributed by atoms with Crippen LogP contribution in [0.2, 0.25) is 0 Å². The van der Waals surface area contributed by atoms with Crippen molar-refractivity contribution in [1.82, 2.24) is 0 Å². The van der Waals surface area contributed by atoms with Crippen molar-refractivity contribution in [3.8, 4) is 0 Å².